The molecule has 2 heterocycles. The molecule has 90 valence electrons. The zero-order valence-corrected chi connectivity index (χ0v) is 11.0. The maximum absolute atomic E-state index is 5.41. The lowest BCUT2D eigenvalue weighted by molar-refractivity contribution is 0.0609. The Balaban J connectivity index is 1.94. The molecule has 3 heteroatoms. The van der Waals surface area contributed by atoms with Gasteiger partial charge in [-0.05, 0) is 51.3 Å². The molecular formula is C13H21NOS. The Morgan fingerprint density at radius 2 is 2.19 bits per heavy atom. The van der Waals surface area contributed by atoms with Crippen molar-refractivity contribution >= 4 is 11.3 Å². The molecule has 0 amide bonds. The second kappa shape index (κ2) is 5.80. The van der Waals surface area contributed by atoms with E-state index in [0.29, 0.717) is 6.04 Å². The normalized spacial score (nSPS) is 19.9. The average Bonchev–Trinajstić information content (AvgIpc) is 2.74. The van der Waals surface area contributed by atoms with Crippen LogP contribution in [0.1, 0.15) is 35.1 Å². The topological polar surface area (TPSA) is 21.3 Å². The summed E-state index contributed by atoms with van der Waals surface area (Å²) in [5, 5.41) is 3.45. The second-order valence-electron chi connectivity index (χ2n) is 4.58. The first-order valence-corrected chi connectivity index (χ1v) is 6.92. The summed E-state index contributed by atoms with van der Waals surface area (Å²) in [6.07, 6.45) is 3.70. The van der Waals surface area contributed by atoms with Gasteiger partial charge in [-0.25, -0.2) is 0 Å². The Labute approximate surface area is 102 Å². The van der Waals surface area contributed by atoms with Crippen LogP contribution < -0.4 is 5.32 Å². The number of aryl methyl sites for hydroxylation is 1. The van der Waals surface area contributed by atoms with Crippen molar-refractivity contribution in [1.29, 1.82) is 0 Å². The Morgan fingerprint density at radius 3 is 2.75 bits per heavy atom. The standard InChI is InChI=1S/C13H21NOS/c1-10-3-4-13(16-10)12(14-2)9-11-5-7-15-8-6-11/h3-4,11-12,14H,5-9H2,1-2H3. The molecule has 0 radical (unpaired) electrons. The van der Waals surface area contributed by atoms with Crippen LogP contribution in [0.15, 0.2) is 12.1 Å². The molecule has 0 bridgehead atoms. The van der Waals surface area contributed by atoms with Crippen LogP contribution in [-0.2, 0) is 4.74 Å². The number of hydrogen-bond donors (Lipinski definition) is 1. The van der Waals surface area contributed by atoms with Crippen molar-refractivity contribution in [2.75, 3.05) is 20.3 Å². The lowest BCUT2D eigenvalue weighted by Crippen LogP contribution is -2.23. The van der Waals surface area contributed by atoms with E-state index in [1.807, 2.05) is 11.3 Å². The molecule has 1 N–H and O–H groups in total. The molecule has 1 aromatic heterocycles. The van der Waals surface area contributed by atoms with E-state index in [1.165, 1.54) is 29.0 Å². The van der Waals surface area contributed by atoms with E-state index >= 15 is 0 Å². The van der Waals surface area contributed by atoms with Gasteiger partial charge in [0.1, 0.15) is 0 Å². The minimum absolute atomic E-state index is 0.529. The molecule has 0 saturated carbocycles. The number of nitrogens with one attached hydrogen (secondary N) is 1. The van der Waals surface area contributed by atoms with Crippen LogP contribution >= 0.6 is 11.3 Å². The first kappa shape index (κ1) is 12.1. The molecular weight excluding hydrogens is 218 g/mol. The third kappa shape index (κ3) is 3.06. The zero-order chi connectivity index (χ0) is 11.4. The SMILES string of the molecule is CNC(CC1CCOCC1)c1ccc(C)s1. The third-order valence-corrected chi connectivity index (χ3v) is 4.48. The quantitative estimate of drug-likeness (QED) is 0.871. The van der Waals surface area contributed by atoms with Gasteiger partial charge in [-0.3, -0.25) is 0 Å². The third-order valence-electron chi connectivity index (χ3n) is 3.36. The minimum Gasteiger partial charge on any atom is -0.381 e. The van der Waals surface area contributed by atoms with Crippen molar-refractivity contribution in [3.05, 3.63) is 21.9 Å². The fourth-order valence-corrected chi connectivity index (χ4v) is 3.33. The van der Waals surface area contributed by atoms with Crippen LogP contribution in [0, 0.1) is 12.8 Å². The summed E-state index contributed by atoms with van der Waals surface area (Å²) in [4.78, 5) is 2.88. The second-order valence-corrected chi connectivity index (χ2v) is 5.90. The summed E-state index contributed by atoms with van der Waals surface area (Å²) < 4.78 is 5.41. The monoisotopic (exact) mass is 239 g/mol. The molecule has 16 heavy (non-hydrogen) atoms. The first-order chi connectivity index (χ1) is 7.79. The number of ether oxygens (including phenoxy) is 1. The maximum atomic E-state index is 5.41. The molecule has 1 atom stereocenters. The Bertz CT molecular complexity index is 317. The maximum Gasteiger partial charge on any atom is 0.0468 e. The largest absolute Gasteiger partial charge is 0.381 e. The average molecular weight is 239 g/mol. The molecule has 1 unspecified atom stereocenters. The van der Waals surface area contributed by atoms with Gasteiger partial charge in [-0.1, -0.05) is 0 Å². The van der Waals surface area contributed by atoms with Gasteiger partial charge in [0, 0.05) is 29.0 Å². The lowest BCUT2D eigenvalue weighted by Gasteiger charge is -2.26. The molecule has 0 aliphatic carbocycles. The highest BCUT2D eigenvalue weighted by Crippen LogP contribution is 2.30. The van der Waals surface area contributed by atoms with E-state index in [4.69, 9.17) is 4.74 Å². The summed E-state index contributed by atoms with van der Waals surface area (Å²) in [5.74, 6) is 0.827. The summed E-state index contributed by atoms with van der Waals surface area (Å²) in [7, 11) is 2.07. The summed E-state index contributed by atoms with van der Waals surface area (Å²) in [6, 6.07) is 5.01. The van der Waals surface area contributed by atoms with Crippen molar-refractivity contribution in [2.24, 2.45) is 5.92 Å². The Morgan fingerprint density at radius 1 is 1.44 bits per heavy atom. The molecule has 1 aliphatic rings. The number of thiophene rings is 1. The Kier molecular flexibility index (Phi) is 4.38. The molecule has 1 saturated heterocycles. The summed E-state index contributed by atoms with van der Waals surface area (Å²) >= 11 is 1.92. The lowest BCUT2D eigenvalue weighted by atomic mass is 9.92. The Hall–Kier alpha value is -0.380. The van der Waals surface area contributed by atoms with Gasteiger partial charge < -0.3 is 10.1 Å². The molecule has 1 aliphatic heterocycles. The van der Waals surface area contributed by atoms with E-state index in [-0.39, 0.29) is 0 Å². The minimum atomic E-state index is 0.529. The first-order valence-electron chi connectivity index (χ1n) is 6.11. The molecule has 1 fully saturated rings. The zero-order valence-electron chi connectivity index (χ0n) is 10.2. The fraction of sp³-hybridized carbons (Fsp3) is 0.692. The van der Waals surface area contributed by atoms with E-state index < -0.39 is 0 Å². The van der Waals surface area contributed by atoms with Gasteiger partial charge in [0.25, 0.3) is 0 Å². The van der Waals surface area contributed by atoms with Crippen molar-refractivity contribution in [1.82, 2.24) is 5.32 Å². The number of hydrogen-bond acceptors (Lipinski definition) is 3. The molecule has 0 spiro atoms. The van der Waals surface area contributed by atoms with Crippen LogP contribution in [0.4, 0.5) is 0 Å². The molecule has 1 aromatic rings. The highest BCUT2D eigenvalue weighted by Gasteiger charge is 2.20. The van der Waals surface area contributed by atoms with E-state index in [2.05, 4.69) is 31.4 Å². The van der Waals surface area contributed by atoms with Gasteiger partial charge in [0.05, 0.1) is 0 Å². The van der Waals surface area contributed by atoms with Crippen LogP contribution in [-0.4, -0.2) is 20.3 Å². The van der Waals surface area contributed by atoms with Crippen LogP contribution in [0.25, 0.3) is 0 Å². The van der Waals surface area contributed by atoms with Gasteiger partial charge in [0.15, 0.2) is 0 Å². The molecule has 0 aromatic carbocycles. The van der Waals surface area contributed by atoms with Crippen molar-refractivity contribution in [2.45, 2.75) is 32.2 Å². The predicted molar refractivity (Wildman–Crippen MR) is 69.0 cm³/mol. The van der Waals surface area contributed by atoms with Gasteiger partial charge in [-0.15, -0.1) is 11.3 Å². The highest BCUT2D eigenvalue weighted by atomic mass is 32.1. The summed E-state index contributed by atoms with van der Waals surface area (Å²) in [5.41, 5.74) is 0. The van der Waals surface area contributed by atoms with Gasteiger partial charge in [0.2, 0.25) is 0 Å². The van der Waals surface area contributed by atoms with Crippen LogP contribution in [0.3, 0.4) is 0 Å². The van der Waals surface area contributed by atoms with Gasteiger partial charge in [-0.2, -0.15) is 0 Å². The van der Waals surface area contributed by atoms with Crippen molar-refractivity contribution in [3.63, 3.8) is 0 Å². The highest BCUT2D eigenvalue weighted by molar-refractivity contribution is 7.12. The van der Waals surface area contributed by atoms with Crippen molar-refractivity contribution in [3.8, 4) is 0 Å². The van der Waals surface area contributed by atoms with Crippen molar-refractivity contribution < 1.29 is 4.74 Å². The molecule has 2 nitrogen and oxygen atoms in total. The van der Waals surface area contributed by atoms with Crippen LogP contribution in [0.2, 0.25) is 0 Å². The van der Waals surface area contributed by atoms with E-state index in [9.17, 15) is 0 Å². The number of rotatable bonds is 4. The van der Waals surface area contributed by atoms with E-state index in [1.54, 1.807) is 0 Å². The summed E-state index contributed by atoms with van der Waals surface area (Å²) in [6.45, 7) is 4.07. The van der Waals surface area contributed by atoms with Crippen LogP contribution in [0.5, 0.6) is 0 Å². The van der Waals surface area contributed by atoms with Gasteiger partial charge >= 0.3 is 0 Å². The molecule has 2 rings (SSSR count). The smallest absolute Gasteiger partial charge is 0.0468 e. The fourth-order valence-electron chi connectivity index (χ4n) is 2.33. The van der Waals surface area contributed by atoms with E-state index in [0.717, 1.165) is 19.1 Å². The predicted octanol–water partition coefficient (Wildman–Crippen LogP) is 3.13.